The number of rotatable bonds is 5. The van der Waals surface area contributed by atoms with Gasteiger partial charge in [-0.3, -0.25) is 4.79 Å². The molecule has 2 amide bonds. The van der Waals surface area contributed by atoms with Gasteiger partial charge in [-0.05, 0) is 81.0 Å². The van der Waals surface area contributed by atoms with Gasteiger partial charge in [-0.1, -0.05) is 48.5 Å². The van der Waals surface area contributed by atoms with Crippen molar-refractivity contribution in [2.75, 3.05) is 5.32 Å². The Morgan fingerprint density at radius 3 is 2.46 bits per heavy atom. The molecule has 0 atom stereocenters. The minimum Gasteiger partial charge on any atom is -0.444 e. The van der Waals surface area contributed by atoms with E-state index < -0.39 is 11.7 Å². The quantitative estimate of drug-likeness (QED) is 0.303. The lowest BCUT2D eigenvalue weighted by Gasteiger charge is -2.29. The number of benzene rings is 3. The van der Waals surface area contributed by atoms with Crippen molar-refractivity contribution in [1.82, 2.24) is 9.88 Å². The lowest BCUT2D eigenvalue weighted by molar-refractivity contribution is -0.120. The molecule has 4 aromatic rings. The van der Waals surface area contributed by atoms with Crippen LogP contribution in [0.5, 0.6) is 0 Å². The van der Waals surface area contributed by atoms with Gasteiger partial charge in [0, 0.05) is 17.3 Å². The summed E-state index contributed by atoms with van der Waals surface area (Å²) in [7, 11) is 0. The smallest absolute Gasteiger partial charge is 0.407 e. The summed E-state index contributed by atoms with van der Waals surface area (Å²) in [5.74, 6) is 0.556. The lowest BCUT2D eigenvalue weighted by atomic mass is 9.85. The van der Waals surface area contributed by atoms with Crippen molar-refractivity contribution in [3.05, 3.63) is 77.9 Å². The fourth-order valence-electron chi connectivity index (χ4n) is 5.40. The first kappa shape index (κ1) is 26.3. The minimum atomic E-state index is -0.542. The number of ether oxygens (including phenoxy) is 1. The van der Waals surface area contributed by atoms with E-state index in [9.17, 15) is 14.9 Å². The molecule has 0 bridgehead atoms. The third-order valence-corrected chi connectivity index (χ3v) is 7.31. The molecule has 39 heavy (non-hydrogen) atoms. The van der Waals surface area contributed by atoms with Crippen molar-refractivity contribution in [3.8, 4) is 6.07 Å². The highest BCUT2D eigenvalue weighted by molar-refractivity contribution is 5.96. The second kappa shape index (κ2) is 10.8. The third kappa shape index (κ3) is 6.06. The van der Waals surface area contributed by atoms with Crippen LogP contribution in [0.3, 0.4) is 0 Å². The maximum Gasteiger partial charge on any atom is 0.407 e. The number of fused-ring (bicyclic) bond motifs is 2. The molecule has 2 N–H and O–H groups in total. The average Bonchev–Trinajstić information content (AvgIpc) is 3.23. The fourth-order valence-corrected chi connectivity index (χ4v) is 5.40. The standard InChI is InChI=1S/C32H34N4O3/c1-32(2,3)39-31(38)34-26-15-13-23(14-16-26)30(37)35-29-18-24-12-11-21(19-33)17-28(24)36(29)20-25-9-6-8-22-7-4-5-10-27(22)25/h4-12,17-18,23,26H,13-16,20H2,1-3H3,(H,34,38)(H,35,37)/t23-,26-. The van der Waals surface area contributed by atoms with E-state index in [1.165, 1.54) is 0 Å². The molecule has 200 valence electrons. The highest BCUT2D eigenvalue weighted by Gasteiger charge is 2.29. The molecule has 1 heterocycles. The summed E-state index contributed by atoms with van der Waals surface area (Å²) in [6.07, 6.45) is 2.41. The Labute approximate surface area is 228 Å². The number of carbonyl (C=O) groups excluding carboxylic acids is 2. The third-order valence-electron chi connectivity index (χ3n) is 7.31. The van der Waals surface area contributed by atoms with Crippen LogP contribution in [0.25, 0.3) is 21.7 Å². The number of aromatic nitrogens is 1. The Balaban J connectivity index is 1.35. The van der Waals surface area contributed by atoms with Gasteiger partial charge in [0.25, 0.3) is 0 Å². The van der Waals surface area contributed by atoms with Crippen molar-refractivity contribution in [3.63, 3.8) is 0 Å². The molecule has 1 saturated carbocycles. The maximum absolute atomic E-state index is 13.4. The van der Waals surface area contributed by atoms with Crippen molar-refractivity contribution in [2.45, 2.75) is 64.6 Å². The van der Waals surface area contributed by atoms with Gasteiger partial charge in [0.2, 0.25) is 5.91 Å². The molecule has 0 radical (unpaired) electrons. The van der Waals surface area contributed by atoms with Crippen molar-refractivity contribution in [2.24, 2.45) is 5.92 Å². The Morgan fingerprint density at radius 1 is 0.974 bits per heavy atom. The highest BCUT2D eigenvalue weighted by atomic mass is 16.6. The molecular weight excluding hydrogens is 488 g/mol. The molecule has 5 rings (SSSR count). The van der Waals surface area contributed by atoms with Gasteiger partial charge >= 0.3 is 6.09 Å². The number of nitriles is 1. The van der Waals surface area contributed by atoms with E-state index in [0.29, 0.717) is 30.8 Å². The number of alkyl carbamates (subject to hydrolysis) is 1. The number of anilines is 1. The number of hydrogen-bond acceptors (Lipinski definition) is 4. The molecule has 0 aliphatic heterocycles. The molecule has 7 nitrogen and oxygen atoms in total. The van der Waals surface area contributed by atoms with Crippen molar-refractivity contribution >= 4 is 39.5 Å². The number of hydrogen-bond donors (Lipinski definition) is 2. The summed E-state index contributed by atoms with van der Waals surface area (Å²) < 4.78 is 7.46. The van der Waals surface area contributed by atoms with Gasteiger partial charge in [0.1, 0.15) is 11.4 Å². The Morgan fingerprint density at radius 2 is 1.72 bits per heavy atom. The van der Waals surface area contributed by atoms with Crippen LogP contribution in [0, 0.1) is 17.2 Å². The summed E-state index contributed by atoms with van der Waals surface area (Å²) in [4.78, 5) is 25.6. The van der Waals surface area contributed by atoms with E-state index in [1.54, 1.807) is 6.07 Å². The van der Waals surface area contributed by atoms with E-state index in [4.69, 9.17) is 4.74 Å². The molecule has 1 aliphatic rings. The number of amides is 2. The second-order valence-electron chi connectivity index (χ2n) is 11.3. The average molecular weight is 523 g/mol. The SMILES string of the molecule is CC(C)(C)OC(=O)N[C@H]1CC[C@H](C(=O)Nc2cc3ccc(C#N)cc3n2Cc2cccc3ccccc23)CC1. The van der Waals surface area contributed by atoms with Crippen LogP contribution < -0.4 is 10.6 Å². The highest BCUT2D eigenvalue weighted by Crippen LogP contribution is 2.31. The molecule has 7 heteroatoms. The zero-order valence-corrected chi connectivity index (χ0v) is 22.7. The second-order valence-corrected chi connectivity index (χ2v) is 11.3. The van der Waals surface area contributed by atoms with Gasteiger partial charge in [0.15, 0.2) is 0 Å². The van der Waals surface area contributed by atoms with E-state index in [-0.39, 0.29) is 17.9 Å². The number of nitrogens with one attached hydrogen (secondary N) is 2. The van der Waals surface area contributed by atoms with Gasteiger partial charge in [-0.2, -0.15) is 5.26 Å². The summed E-state index contributed by atoms with van der Waals surface area (Å²) in [5.41, 5.74) is 2.08. The number of nitrogens with zero attached hydrogens (tertiary/aromatic N) is 2. The fraction of sp³-hybridized carbons (Fsp3) is 0.344. The molecule has 3 aromatic carbocycles. The number of carbonyl (C=O) groups is 2. The summed E-state index contributed by atoms with van der Waals surface area (Å²) in [6, 6.07) is 24.3. The molecule has 1 fully saturated rings. The van der Waals surface area contributed by atoms with Gasteiger partial charge in [-0.15, -0.1) is 0 Å². The summed E-state index contributed by atoms with van der Waals surface area (Å²) in [6.45, 7) is 6.08. The van der Waals surface area contributed by atoms with Crippen LogP contribution >= 0.6 is 0 Å². The van der Waals surface area contributed by atoms with E-state index in [2.05, 4.69) is 45.5 Å². The molecule has 1 aliphatic carbocycles. The largest absolute Gasteiger partial charge is 0.444 e. The summed E-state index contributed by atoms with van der Waals surface area (Å²) >= 11 is 0. The Kier molecular flexibility index (Phi) is 7.30. The first-order valence-corrected chi connectivity index (χ1v) is 13.5. The first-order valence-electron chi connectivity index (χ1n) is 13.5. The van der Waals surface area contributed by atoms with E-state index >= 15 is 0 Å². The lowest BCUT2D eigenvalue weighted by Crippen LogP contribution is -2.42. The van der Waals surface area contributed by atoms with E-state index in [1.807, 2.05) is 57.2 Å². The zero-order valence-electron chi connectivity index (χ0n) is 22.7. The minimum absolute atomic E-state index is 0.00566. The molecular formula is C32H34N4O3. The van der Waals surface area contributed by atoms with Crippen LogP contribution in [0.4, 0.5) is 10.6 Å². The molecule has 0 saturated heterocycles. The molecule has 1 aromatic heterocycles. The Bertz CT molecular complexity index is 1560. The van der Waals surface area contributed by atoms with Crippen LogP contribution in [0.15, 0.2) is 66.7 Å². The Hall–Kier alpha value is -4.31. The van der Waals surface area contributed by atoms with Gasteiger partial charge < -0.3 is 19.9 Å². The zero-order chi connectivity index (χ0) is 27.6. The first-order chi connectivity index (χ1) is 18.7. The predicted octanol–water partition coefficient (Wildman–Crippen LogP) is 6.74. The molecule has 0 unspecified atom stereocenters. The van der Waals surface area contributed by atoms with Gasteiger partial charge in [0.05, 0.1) is 23.7 Å². The van der Waals surface area contributed by atoms with Crippen molar-refractivity contribution < 1.29 is 14.3 Å². The van der Waals surface area contributed by atoms with E-state index in [0.717, 1.165) is 40.1 Å². The monoisotopic (exact) mass is 522 g/mol. The maximum atomic E-state index is 13.4. The predicted molar refractivity (Wildman–Crippen MR) is 153 cm³/mol. The summed E-state index contributed by atoms with van der Waals surface area (Å²) in [5, 5.41) is 18.9. The topological polar surface area (TPSA) is 96.2 Å². The van der Waals surface area contributed by atoms with Gasteiger partial charge in [-0.25, -0.2) is 4.79 Å². The normalized spacial score (nSPS) is 17.5. The van der Waals surface area contributed by atoms with Crippen molar-refractivity contribution in [1.29, 1.82) is 5.26 Å². The molecule has 0 spiro atoms. The van der Waals surface area contributed by atoms with Crippen LogP contribution in [0.1, 0.15) is 57.6 Å². The van der Waals surface area contributed by atoms with Crippen LogP contribution in [-0.4, -0.2) is 28.2 Å². The van der Waals surface area contributed by atoms with Crippen LogP contribution in [-0.2, 0) is 16.1 Å². The van der Waals surface area contributed by atoms with Crippen LogP contribution in [0.2, 0.25) is 0 Å².